The van der Waals surface area contributed by atoms with Gasteiger partial charge in [0.2, 0.25) is 0 Å². The predicted molar refractivity (Wildman–Crippen MR) is 53.3 cm³/mol. The largest absolute Gasteiger partial charge is 0.464 e. The maximum atomic E-state index is 11.4. The molecule has 1 aliphatic carbocycles. The van der Waals surface area contributed by atoms with Crippen molar-refractivity contribution in [1.29, 1.82) is 0 Å². The number of H-pyrrole nitrogens is 1. The Morgan fingerprint density at radius 3 is 2.86 bits per heavy atom. The minimum absolute atomic E-state index is 0.260. The summed E-state index contributed by atoms with van der Waals surface area (Å²) in [5.41, 5.74) is 3.31. The second-order valence-corrected chi connectivity index (χ2v) is 4.68. The average molecular weight is 193 g/mol. The van der Waals surface area contributed by atoms with E-state index < -0.39 is 0 Å². The second-order valence-electron chi connectivity index (χ2n) is 4.68. The Morgan fingerprint density at radius 1 is 1.50 bits per heavy atom. The van der Waals surface area contributed by atoms with Crippen LogP contribution in [0.25, 0.3) is 0 Å². The molecule has 14 heavy (non-hydrogen) atoms. The van der Waals surface area contributed by atoms with Gasteiger partial charge in [-0.25, -0.2) is 4.79 Å². The number of hydrogen-bond acceptors (Lipinski definition) is 2. The highest BCUT2D eigenvalue weighted by Gasteiger charge is 2.33. The summed E-state index contributed by atoms with van der Waals surface area (Å²) in [7, 11) is 1.41. The number of ether oxygens (including phenoxy) is 1. The molecule has 76 valence electrons. The van der Waals surface area contributed by atoms with Gasteiger partial charge in [0, 0.05) is 6.20 Å². The fourth-order valence-electron chi connectivity index (χ4n) is 2.19. The lowest BCUT2D eigenvalue weighted by Gasteiger charge is -2.15. The summed E-state index contributed by atoms with van der Waals surface area (Å²) in [6.45, 7) is 4.43. The third-order valence-electron chi connectivity index (χ3n) is 2.79. The smallest absolute Gasteiger partial charge is 0.354 e. The van der Waals surface area contributed by atoms with Crippen molar-refractivity contribution >= 4 is 5.97 Å². The summed E-state index contributed by atoms with van der Waals surface area (Å²) < 4.78 is 4.72. The first-order valence-electron chi connectivity index (χ1n) is 4.81. The van der Waals surface area contributed by atoms with Crippen LogP contribution in [0.15, 0.2) is 6.20 Å². The van der Waals surface area contributed by atoms with Crippen LogP contribution in [0.3, 0.4) is 0 Å². The summed E-state index contributed by atoms with van der Waals surface area (Å²) in [6.07, 6.45) is 3.92. The number of nitrogens with one attached hydrogen (secondary N) is 1. The third kappa shape index (κ3) is 1.33. The van der Waals surface area contributed by atoms with Crippen LogP contribution in [0, 0.1) is 5.41 Å². The van der Waals surface area contributed by atoms with Crippen LogP contribution in [0.1, 0.15) is 35.5 Å². The molecule has 1 N–H and O–H groups in total. The first-order valence-corrected chi connectivity index (χ1v) is 4.81. The van der Waals surface area contributed by atoms with Crippen LogP contribution in [-0.4, -0.2) is 18.1 Å². The number of aromatic amines is 1. The van der Waals surface area contributed by atoms with Crippen LogP contribution in [0.4, 0.5) is 0 Å². The molecular formula is C11H15NO2. The van der Waals surface area contributed by atoms with Gasteiger partial charge in [-0.1, -0.05) is 13.8 Å². The van der Waals surface area contributed by atoms with Gasteiger partial charge in [-0.05, 0) is 29.4 Å². The Bertz CT molecular complexity index is 377. The number of aromatic nitrogens is 1. The van der Waals surface area contributed by atoms with Crippen LogP contribution in [-0.2, 0) is 17.6 Å². The Morgan fingerprint density at radius 2 is 2.21 bits per heavy atom. The number of fused-ring (bicyclic) bond motifs is 1. The second kappa shape index (κ2) is 2.87. The molecule has 3 heteroatoms. The van der Waals surface area contributed by atoms with E-state index in [1.54, 1.807) is 0 Å². The molecular weight excluding hydrogens is 178 g/mol. The van der Waals surface area contributed by atoms with E-state index in [4.69, 9.17) is 4.74 Å². The Labute approximate surface area is 83.5 Å². The van der Waals surface area contributed by atoms with Crippen LogP contribution in [0.2, 0.25) is 0 Å². The zero-order valence-corrected chi connectivity index (χ0v) is 8.81. The topological polar surface area (TPSA) is 42.1 Å². The van der Waals surface area contributed by atoms with Crippen molar-refractivity contribution in [3.8, 4) is 0 Å². The number of carbonyl (C=O) groups excluding carboxylic acids is 1. The minimum Gasteiger partial charge on any atom is -0.464 e. The molecule has 0 atom stereocenters. The van der Waals surface area contributed by atoms with Gasteiger partial charge < -0.3 is 9.72 Å². The van der Waals surface area contributed by atoms with Crippen molar-refractivity contribution in [2.75, 3.05) is 7.11 Å². The lowest BCUT2D eigenvalue weighted by atomic mass is 9.90. The zero-order valence-electron chi connectivity index (χ0n) is 8.81. The molecule has 2 rings (SSSR count). The van der Waals surface area contributed by atoms with Gasteiger partial charge in [-0.3, -0.25) is 0 Å². The molecule has 0 saturated heterocycles. The molecule has 0 aromatic carbocycles. The first-order chi connectivity index (χ1) is 6.53. The van der Waals surface area contributed by atoms with Gasteiger partial charge in [0.15, 0.2) is 0 Å². The third-order valence-corrected chi connectivity index (χ3v) is 2.79. The summed E-state index contributed by atoms with van der Waals surface area (Å²) >= 11 is 0. The zero-order chi connectivity index (χ0) is 10.3. The molecule has 0 aliphatic heterocycles. The molecule has 0 amide bonds. The highest BCUT2D eigenvalue weighted by atomic mass is 16.5. The molecule has 0 saturated carbocycles. The molecule has 1 aliphatic rings. The summed E-state index contributed by atoms with van der Waals surface area (Å²) in [6, 6.07) is 0. The van der Waals surface area contributed by atoms with E-state index in [2.05, 4.69) is 18.8 Å². The van der Waals surface area contributed by atoms with Crippen molar-refractivity contribution in [1.82, 2.24) is 4.98 Å². The first kappa shape index (κ1) is 9.31. The lowest BCUT2D eigenvalue weighted by molar-refractivity contribution is 0.0593. The van der Waals surface area contributed by atoms with Crippen LogP contribution in [0.5, 0.6) is 0 Å². The molecule has 0 unspecified atom stereocenters. The summed E-state index contributed by atoms with van der Waals surface area (Å²) in [4.78, 5) is 14.4. The lowest BCUT2D eigenvalue weighted by Crippen LogP contribution is -2.12. The fraction of sp³-hybridized carbons (Fsp3) is 0.545. The molecule has 1 aromatic rings. The SMILES string of the molecule is COC(=O)c1[nH]cc2c1CC(C)(C)C2. The Kier molecular flexibility index (Phi) is 1.91. The summed E-state index contributed by atoms with van der Waals surface area (Å²) in [5, 5.41) is 0. The molecule has 0 radical (unpaired) electrons. The number of methoxy groups -OCH3 is 1. The van der Waals surface area contributed by atoms with E-state index in [1.807, 2.05) is 6.20 Å². The highest BCUT2D eigenvalue weighted by molar-refractivity contribution is 5.89. The normalized spacial score (nSPS) is 17.9. The molecule has 0 bridgehead atoms. The van der Waals surface area contributed by atoms with Crippen molar-refractivity contribution in [3.05, 3.63) is 23.0 Å². The van der Waals surface area contributed by atoms with E-state index in [1.165, 1.54) is 12.7 Å². The van der Waals surface area contributed by atoms with E-state index in [0.717, 1.165) is 18.4 Å². The molecule has 0 spiro atoms. The van der Waals surface area contributed by atoms with Gasteiger partial charge in [0.05, 0.1) is 7.11 Å². The Balaban J connectivity index is 2.37. The summed E-state index contributed by atoms with van der Waals surface area (Å²) in [5.74, 6) is -0.260. The van der Waals surface area contributed by atoms with Crippen molar-refractivity contribution < 1.29 is 9.53 Å². The molecule has 0 fully saturated rings. The predicted octanol–water partition coefficient (Wildman–Crippen LogP) is 1.93. The van der Waals surface area contributed by atoms with Crippen molar-refractivity contribution in [2.24, 2.45) is 5.41 Å². The minimum atomic E-state index is -0.260. The van der Waals surface area contributed by atoms with Gasteiger partial charge in [0.1, 0.15) is 5.69 Å². The van der Waals surface area contributed by atoms with E-state index in [9.17, 15) is 4.79 Å². The van der Waals surface area contributed by atoms with E-state index >= 15 is 0 Å². The number of carbonyl (C=O) groups is 1. The maximum Gasteiger partial charge on any atom is 0.354 e. The molecule has 1 aromatic heterocycles. The highest BCUT2D eigenvalue weighted by Crippen LogP contribution is 2.37. The van der Waals surface area contributed by atoms with Gasteiger partial charge >= 0.3 is 5.97 Å². The van der Waals surface area contributed by atoms with Crippen LogP contribution < -0.4 is 0 Å². The standard InChI is InChI=1S/C11H15NO2/c1-11(2)4-7-6-12-9(8(7)5-11)10(13)14-3/h6,12H,4-5H2,1-3H3. The number of rotatable bonds is 1. The number of hydrogen-bond donors (Lipinski definition) is 1. The number of esters is 1. The fourth-order valence-corrected chi connectivity index (χ4v) is 2.19. The van der Waals surface area contributed by atoms with E-state index in [0.29, 0.717) is 5.69 Å². The van der Waals surface area contributed by atoms with Gasteiger partial charge in [-0.2, -0.15) is 0 Å². The van der Waals surface area contributed by atoms with Crippen molar-refractivity contribution in [2.45, 2.75) is 26.7 Å². The van der Waals surface area contributed by atoms with Gasteiger partial charge in [0.25, 0.3) is 0 Å². The maximum absolute atomic E-state index is 11.4. The van der Waals surface area contributed by atoms with Crippen molar-refractivity contribution in [3.63, 3.8) is 0 Å². The monoisotopic (exact) mass is 193 g/mol. The average Bonchev–Trinajstić information content (AvgIpc) is 2.58. The Hall–Kier alpha value is -1.25. The van der Waals surface area contributed by atoms with E-state index in [-0.39, 0.29) is 11.4 Å². The molecule has 1 heterocycles. The molecule has 3 nitrogen and oxygen atoms in total. The van der Waals surface area contributed by atoms with Crippen LogP contribution >= 0.6 is 0 Å². The quantitative estimate of drug-likeness (QED) is 0.692. The van der Waals surface area contributed by atoms with Gasteiger partial charge in [-0.15, -0.1) is 0 Å².